The molecule has 0 spiro atoms. The SMILES string of the molecule is CSCC(C)CN1CCCNC(C(C)C)C1. The molecule has 2 unspecified atom stereocenters. The summed E-state index contributed by atoms with van der Waals surface area (Å²) in [5.74, 6) is 2.85. The molecule has 0 amide bonds. The van der Waals surface area contributed by atoms with E-state index in [0.717, 1.165) is 11.8 Å². The summed E-state index contributed by atoms with van der Waals surface area (Å²) < 4.78 is 0. The number of hydrogen-bond acceptors (Lipinski definition) is 3. The molecule has 0 aromatic carbocycles. The van der Waals surface area contributed by atoms with Crippen LogP contribution in [0.3, 0.4) is 0 Å². The first kappa shape index (κ1) is 14.3. The molecule has 0 radical (unpaired) electrons. The van der Waals surface area contributed by atoms with Gasteiger partial charge in [0, 0.05) is 19.1 Å². The van der Waals surface area contributed by atoms with Crippen molar-refractivity contribution in [2.24, 2.45) is 11.8 Å². The van der Waals surface area contributed by atoms with Gasteiger partial charge in [0.25, 0.3) is 0 Å². The Labute approximate surface area is 106 Å². The van der Waals surface area contributed by atoms with Gasteiger partial charge >= 0.3 is 0 Å². The normalized spacial score (nSPS) is 25.7. The average molecular weight is 244 g/mol. The lowest BCUT2D eigenvalue weighted by Gasteiger charge is -2.28. The van der Waals surface area contributed by atoms with Crippen molar-refractivity contribution in [3.8, 4) is 0 Å². The van der Waals surface area contributed by atoms with Crippen LogP contribution in [0.5, 0.6) is 0 Å². The molecule has 0 aliphatic carbocycles. The third-order valence-corrected chi connectivity index (χ3v) is 4.24. The van der Waals surface area contributed by atoms with Crippen LogP contribution >= 0.6 is 11.8 Å². The highest BCUT2D eigenvalue weighted by Gasteiger charge is 2.20. The summed E-state index contributed by atoms with van der Waals surface area (Å²) in [5.41, 5.74) is 0. The Hall–Kier alpha value is 0.270. The summed E-state index contributed by atoms with van der Waals surface area (Å²) in [7, 11) is 0. The van der Waals surface area contributed by atoms with Crippen LogP contribution in [-0.2, 0) is 0 Å². The molecule has 1 N–H and O–H groups in total. The maximum absolute atomic E-state index is 3.67. The van der Waals surface area contributed by atoms with Crippen molar-refractivity contribution in [3.63, 3.8) is 0 Å². The first-order valence-electron chi connectivity index (χ1n) is 6.58. The Bertz CT molecular complexity index is 185. The van der Waals surface area contributed by atoms with Crippen molar-refractivity contribution in [2.75, 3.05) is 38.2 Å². The number of hydrogen-bond donors (Lipinski definition) is 1. The van der Waals surface area contributed by atoms with Crippen LogP contribution in [0.4, 0.5) is 0 Å². The van der Waals surface area contributed by atoms with Gasteiger partial charge in [-0.15, -0.1) is 0 Å². The second kappa shape index (κ2) is 7.57. The van der Waals surface area contributed by atoms with E-state index in [2.05, 4.69) is 37.2 Å². The maximum atomic E-state index is 3.67. The molecule has 3 heteroatoms. The van der Waals surface area contributed by atoms with E-state index in [0.29, 0.717) is 6.04 Å². The minimum Gasteiger partial charge on any atom is -0.312 e. The van der Waals surface area contributed by atoms with Crippen LogP contribution in [-0.4, -0.2) is 49.1 Å². The summed E-state index contributed by atoms with van der Waals surface area (Å²) in [5, 5.41) is 3.67. The van der Waals surface area contributed by atoms with Gasteiger partial charge in [-0.05, 0) is 43.4 Å². The fourth-order valence-electron chi connectivity index (χ4n) is 2.41. The van der Waals surface area contributed by atoms with Crippen molar-refractivity contribution in [1.29, 1.82) is 0 Å². The summed E-state index contributed by atoms with van der Waals surface area (Å²) in [6.07, 6.45) is 3.51. The Morgan fingerprint density at radius 3 is 2.75 bits per heavy atom. The van der Waals surface area contributed by atoms with E-state index in [1.54, 1.807) is 0 Å². The molecular formula is C13H28N2S. The van der Waals surface area contributed by atoms with Gasteiger partial charge in [0.1, 0.15) is 0 Å². The van der Waals surface area contributed by atoms with Crippen LogP contribution in [0, 0.1) is 11.8 Å². The highest BCUT2D eigenvalue weighted by Crippen LogP contribution is 2.12. The molecule has 0 saturated carbocycles. The lowest BCUT2D eigenvalue weighted by atomic mass is 10.0. The molecule has 2 atom stereocenters. The first-order valence-corrected chi connectivity index (χ1v) is 7.97. The quantitative estimate of drug-likeness (QED) is 0.799. The van der Waals surface area contributed by atoms with E-state index in [4.69, 9.17) is 0 Å². The van der Waals surface area contributed by atoms with Crippen LogP contribution in [0.1, 0.15) is 27.2 Å². The monoisotopic (exact) mass is 244 g/mol. The zero-order valence-corrected chi connectivity index (χ0v) is 12.1. The molecule has 1 rings (SSSR count). The van der Waals surface area contributed by atoms with Crippen LogP contribution < -0.4 is 5.32 Å². The lowest BCUT2D eigenvalue weighted by Crippen LogP contribution is -2.42. The average Bonchev–Trinajstić information content (AvgIpc) is 2.43. The van der Waals surface area contributed by atoms with Gasteiger partial charge in [-0.1, -0.05) is 20.8 Å². The molecule has 0 bridgehead atoms. The van der Waals surface area contributed by atoms with Crippen molar-refractivity contribution < 1.29 is 0 Å². The fourth-order valence-corrected chi connectivity index (χ4v) is 3.09. The third-order valence-electron chi connectivity index (χ3n) is 3.34. The van der Waals surface area contributed by atoms with Crippen molar-refractivity contribution in [2.45, 2.75) is 33.2 Å². The summed E-state index contributed by atoms with van der Waals surface area (Å²) >= 11 is 1.97. The summed E-state index contributed by atoms with van der Waals surface area (Å²) in [6, 6.07) is 0.684. The van der Waals surface area contributed by atoms with Crippen molar-refractivity contribution >= 4 is 11.8 Å². The van der Waals surface area contributed by atoms with Gasteiger partial charge in [-0.2, -0.15) is 11.8 Å². The van der Waals surface area contributed by atoms with Crippen LogP contribution in [0.15, 0.2) is 0 Å². The Morgan fingerprint density at radius 2 is 2.12 bits per heavy atom. The minimum atomic E-state index is 0.684. The van der Waals surface area contributed by atoms with Gasteiger partial charge in [-0.25, -0.2) is 0 Å². The molecule has 0 aromatic rings. The summed E-state index contributed by atoms with van der Waals surface area (Å²) in [6.45, 7) is 12.0. The van der Waals surface area contributed by atoms with Gasteiger partial charge < -0.3 is 10.2 Å². The number of rotatable bonds is 5. The first-order chi connectivity index (χ1) is 7.63. The second-order valence-electron chi connectivity index (χ2n) is 5.48. The number of thioether (sulfide) groups is 1. The molecule has 1 aliphatic heterocycles. The highest BCUT2D eigenvalue weighted by molar-refractivity contribution is 7.98. The standard InChI is InChI=1S/C13H28N2S/c1-11(2)13-9-15(7-5-6-14-13)8-12(3)10-16-4/h11-14H,5-10H2,1-4H3. The van der Waals surface area contributed by atoms with Gasteiger partial charge in [0.05, 0.1) is 0 Å². The highest BCUT2D eigenvalue weighted by atomic mass is 32.2. The molecule has 96 valence electrons. The van der Waals surface area contributed by atoms with Gasteiger partial charge in [0.2, 0.25) is 0 Å². The summed E-state index contributed by atoms with van der Waals surface area (Å²) in [4.78, 5) is 2.66. The minimum absolute atomic E-state index is 0.684. The second-order valence-corrected chi connectivity index (χ2v) is 6.39. The zero-order valence-electron chi connectivity index (χ0n) is 11.3. The Morgan fingerprint density at radius 1 is 1.38 bits per heavy atom. The van der Waals surface area contributed by atoms with Gasteiger partial charge in [0.15, 0.2) is 0 Å². The topological polar surface area (TPSA) is 15.3 Å². The zero-order chi connectivity index (χ0) is 12.0. The predicted molar refractivity (Wildman–Crippen MR) is 75.2 cm³/mol. The molecule has 0 aromatic heterocycles. The molecule has 2 nitrogen and oxygen atoms in total. The number of nitrogens with zero attached hydrogens (tertiary/aromatic N) is 1. The molecule has 1 aliphatic rings. The lowest BCUT2D eigenvalue weighted by molar-refractivity contribution is 0.224. The van der Waals surface area contributed by atoms with E-state index in [1.165, 1.54) is 38.4 Å². The van der Waals surface area contributed by atoms with E-state index < -0.39 is 0 Å². The van der Waals surface area contributed by atoms with E-state index in [9.17, 15) is 0 Å². The van der Waals surface area contributed by atoms with Gasteiger partial charge in [-0.3, -0.25) is 0 Å². The van der Waals surface area contributed by atoms with Crippen molar-refractivity contribution in [3.05, 3.63) is 0 Å². The van der Waals surface area contributed by atoms with Crippen molar-refractivity contribution in [1.82, 2.24) is 10.2 Å². The van der Waals surface area contributed by atoms with Crippen LogP contribution in [0.2, 0.25) is 0 Å². The molecule has 1 fully saturated rings. The number of nitrogens with one attached hydrogen (secondary N) is 1. The third kappa shape index (κ3) is 5.07. The molecular weight excluding hydrogens is 216 g/mol. The van der Waals surface area contributed by atoms with E-state index >= 15 is 0 Å². The maximum Gasteiger partial charge on any atom is 0.0217 e. The predicted octanol–water partition coefficient (Wildman–Crippen LogP) is 2.31. The van der Waals surface area contributed by atoms with E-state index in [1.807, 2.05) is 11.8 Å². The largest absolute Gasteiger partial charge is 0.312 e. The Balaban J connectivity index is 2.39. The smallest absolute Gasteiger partial charge is 0.0217 e. The Kier molecular flexibility index (Phi) is 6.78. The molecule has 16 heavy (non-hydrogen) atoms. The van der Waals surface area contributed by atoms with Crippen LogP contribution in [0.25, 0.3) is 0 Å². The molecule has 1 saturated heterocycles. The fraction of sp³-hybridized carbons (Fsp3) is 1.00. The van der Waals surface area contributed by atoms with E-state index in [-0.39, 0.29) is 0 Å². The molecule has 1 heterocycles.